The lowest BCUT2D eigenvalue weighted by Gasteiger charge is -2.10. The van der Waals surface area contributed by atoms with Crippen molar-refractivity contribution in [1.82, 2.24) is 5.32 Å². The first-order valence-corrected chi connectivity index (χ1v) is 7.54. The Bertz CT molecular complexity index is 377. The maximum atomic E-state index is 11.9. The van der Waals surface area contributed by atoms with Crippen molar-refractivity contribution in [2.75, 3.05) is 12.3 Å². The Labute approximate surface area is 114 Å². The minimum atomic E-state index is 0.0532. The quantitative estimate of drug-likeness (QED) is 0.852. The van der Waals surface area contributed by atoms with Crippen molar-refractivity contribution in [1.29, 1.82) is 0 Å². The molecule has 1 saturated heterocycles. The number of rotatable bonds is 3. The molecule has 0 spiro atoms. The van der Waals surface area contributed by atoms with Gasteiger partial charge in [0.25, 0.3) is 5.91 Å². The second kappa shape index (κ2) is 5.91. The summed E-state index contributed by atoms with van der Waals surface area (Å²) in [5.41, 5.74) is 0.783. The van der Waals surface area contributed by atoms with Crippen LogP contribution in [-0.4, -0.2) is 23.5 Å². The topological polar surface area (TPSA) is 29.1 Å². The summed E-state index contributed by atoms with van der Waals surface area (Å²) in [6.45, 7) is 0.800. The number of carbonyl (C=O) groups is 1. The highest BCUT2D eigenvalue weighted by Gasteiger charge is 2.17. The molecule has 1 aromatic rings. The highest BCUT2D eigenvalue weighted by atomic mass is 127. The molecule has 1 heterocycles. The van der Waals surface area contributed by atoms with E-state index in [2.05, 4.69) is 27.9 Å². The van der Waals surface area contributed by atoms with E-state index >= 15 is 0 Å². The van der Waals surface area contributed by atoms with Crippen LogP contribution in [0.4, 0.5) is 0 Å². The van der Waals surface area contributed by atoms with E-state index in [1.165, 1.54) is 18.6 Å². The fourth-order valence-corrected chi connectivity index (χ4v) is 3.59. The molecule has 4 heteroatoms. The highest BCUT2D eigenvalue weighted by Crippen LogP contribution is 2.25. The molecule has 2 rings (SSSR count). The van der Waals surface area contributed by atoms with Gasteiger partial charge in [0.1, 0.15) is 0 Å². The van der Waals surface area contributed by atoms with Crippen molar-refractivity contribution in [3.8, 4) is 0 Å². The summed E-state index contributed by atoms with van der Waals surface area (Å²) in [6, 6.07) is 7.69. The lowest BCUT2D eigenvalue weighted by atomic mass is 10.2. The van der Waals surface area contributed by atoms with Crippen molar-refractivity contribution in [3.05, 3.63) is 33.4 Å². The van der Waals surface area contributed by atoms with Gasteiger partial charge >= 0.3 is 0 Å². The smallest absolute Gasteiger partial charge is 0.252 e. The molecule has 16 heavy (non-hydrogen) atoms. The van der Waals surface area contributed by atoms with E-state index in [1.807, 2.05) is 36.0 Å². The molecule has 1 N–H and O–H groups in total. The maximum Gasteiger partial charge on any atom is 0.252 e. The third-order valence-corrected chi connectivity index (χ3v) is 4.97. The lowest BCUT2D eigenvalue weighted by Crippen LogP contribution is -2.30. The molecule has 1 aliphatic heterocycles. The van der Waals surface area contributed by atoms with Gasteiger partial charge < -0.3 is 5.32 Å². The molecule has 2 nitrogen and oxygen atoms in total. The second-order valence-electron chi connectivity index (χ2n) is 3.82. The SMILES string of the molecule is O=C(NCC1CCCS1)c1ccccc1I. The normalized spacial score (nSPS) is 19.7. The number of hydrogen-bond donors (Lipinski definition) is 1. The van der Waals surface area contributed by atoms with Gasteiger partial charge in [-0.25, -0.2) is 0 Å². The summed E-state index contributed by atoms with van der Waals surface area (Å²) < 4.78 is 1.01. The van der Waals surface area contributed by atoms with Crippen LogP contribution < -0.4 is 5.32 Å². The van der Waals surface area contributed by atoms with Crippen LogP contribution in [0.1, 0.15) is 23.2 Å². The number of amides is 1. The van der Waals surface area contributed by atoms with E-state index in [0.717, 1.165) is 15.7 Å². The van der Waals surface area contributed by atoms with Gasteiger partial charge in [-0.1, -0.05) is 12.1 Å². The van der Waals surface area contributed by atoms with Crippen molar-refractivity contribution in [3.63, 3.8) is 0 Å². The lowest BCUT2D eigenvalue weighted by molar-refractivity contribution is 0.0953. The van der Waals surface area contributed by atoms with E-state index < -0.39 is 0 Å². The third-order valence-electron chi connectivity index (χ3n) is 2.63. The first kappa shape index (κ1) is 12.2. The molecule has 1 aliphatic rings. The van der Waals surface area contributed by atoms with Crippen molar-refractivity contribution < 1.29 is 4.79 Å². The molecule has 1 aromatic carbocycles. The molecule has 0 saturated carbocycles. The second-order valence-corrected chi connectivity index (χ2v) is 6.40. The number of benzene rings is 1. The molecular weight excluding hydrogens is 333 g/mol. The predicted octanol–water partition coefficient (Wildman–Crippen LogP) is 2.92. The van der Waals surface area contributed by atoms with Gasteiger partial charge in [0.15, 0.2) is 0 Å². The molecular formula is C12H14INOS. The zero-order valence-electron chi connectivity index (χ0n) is 8.91. The minimum absolute atomic E-state index is 0.0532. The summed E-state index contributed by atoms with van der Waals surface area (Å²) >= 11 is 4.16. The number of hydrogen-bond acceptors (Lipinski definition) is 2. The Balaban J connectivity index is 1.90. The van der Waals surface area contributed by atoms with Crippen LogP contribution in [0.2, 0.25) is 0 Å². The maximum absolute atomic E-state index is 11.9. The van der Waals surface area contributed by atoms with E-state index in [4.69, 9.17) is 0 Å². The highest BCUT2D eigenvalue weighted by molar-refractivity contribution is 14.1. The van der Waals surface area contributed by atoms with E-state index in [-0.39, 0.29) is 5.91 Å². The molecule has 1 amide bonds. The summed E-state index contributed by atoms with van der Waals surface area (Å²) in [6.07, 6.45) is 2.52. The summed E-state index contributed by atoms with van der Waals surface area (Å²) in [5, 5.41) is 3.63. The largest absolute Gasteiger partial charge is 0.351 e. The number of halogens is 1. The number of carbonyl (C=O) groups excluding carboxylic acids is 1. The van der Waals surface area contributed by atoms with Crippen LogP contribution in [0, 0.1) is 3.57 Å². The average molecular weight is 347 g/mol. The molecule has 0 aliphatic carbocycles. The zero-order chi connectivity index (χ0) is 11.4. The van der Waals surface area contributed by atoms with Crippen molar-refractivity contribution in [2.24, 2.45) is 0 Å². The Morgan fingerprint density at radius 2 is 2.31 bits per heavy atom. The van der Waals surface area contributed by atoms with Crippen molar-refractivity contribution >= 4 is 40.3 Å². The molecule has 1 unspecified atom stereocenters. The van der Waals surface area contributed by atoms with Crippen LogP contribution in [0.25, 0.3) is 0 Å². The monoisotopic (exact) mass is 347 g/mol. The molecule has 0 bridgehead atoms. The van der Waals surface area contributed by atoms with Gasteiger partial charge in [0.05, 0.1) is 5.56 Å². The number of nitrogens with one attached hydrogen (secondary N) is 1. The molecule has 0 aromatic heterocycles. The molecule has 0 radical (unpaired) electrons. The van der Waals surface area contributed by atoms with Crippen LogP contribution in [0.3, 0.4) is 0 Å². The Morgan fingerprint density at radius 1 is 1.50 bits per heavy atom. The van der Waals surface area contributed by atoms with Crippen LogP contribution in [0.5, 0.6) is 0 Å². The summed E-state index contributed by atoms with van der Waals surface area (Å²) in [5.74, 6) is 1.29. The third kappa shape index (κ3) is 3.13. The van der Waals surface area contributed by atoms with Crippen molar-refractivity contribution in [2.45, 2.75) is 18.1 Å². The zero-order valence-corrected chi connectivity index (χ0v) is 11.9. The van der Waals surface area contributed by atoms with E-state index in [1.54, 1.807) is 0 Å². The Hall–Kier alpha value is -0.230. The van der Waals surface area contributed by atoms with Gasteiger partial charge in [0, 0.05) is 15.4 Å². The first-order valence-electron chi connectivity index (χ1n) is 5.41. The van der Waals surface area contributed by atoms with E-state index in [9.17, 15) is 4.79 Å². The molecule has 86 valence electrons. The first-order chi connectivity index (χ1) is 7.77. The Kier molecular flexibility index (Phi) is 4.52. The number of thioether (sulfide) groups is 1. The predicted molar refractivity (Wildman–Crippen MR) is 77.0 cm³/mol. The summed E-state index contributed by atoms with van der Waals surface area (Å²) in [7, 11) is 0. The fourth-order valence-electron chi connectivity index (χ4n) is 1.75. The molecule has 1 fully saturated rings. The summed E-state index contributed by atoms with van der Waals surface area (Å²) in [4.78, 5) is 11.9. The van der Waals surface area contributed by atoms with Gasteiger partial charge in [-0.15, -0.1) is 0 Å². The minimum Gasteiger partial charge on any atom is -0.351 e. The fraction of sp³-hybridized carbons (Fsp3) is 0.417. The Morgan fingerprint density at radius 3 is 3.00 bits per heavy atom. The average Bonchev–Trinajstić information content (AvgIpc) is 2.79. The van der Waals surface area contributed by atoms with E-state index in [0.29, 0.717) is 5.25 Å². The van der Waals surface area contributed by atoms with Gasteiger partial charge in [-0.2, -0.15) is 11.8 Å². The van der Waals surface area contributed by atoms with Crippen LogP contribution in [-0.2, 0) is 0 Å². The van der Waals surface area contributed by atoms with Gasteiger partial charge in [-0.3, -0.25) is 4.79 Å². The van der Waals surface area contributed by atoms with Crippen LogP contribution in [0.15, 0.2) is 24.3 Å². The van der Waals surface area contributed by atoms with Gasteiger partial charge in [-0.05, 0) is 53.3 Å². The standard InChI is InChI=1S/C12H14INOS/c13-11-6-2-1-5-10(11)12(15)14-8-9-4-3-7-16-9/h1-2,5-6,9H,3-4,7-8H2,(H,14,15). The van der Waals surface area contributed by atoms with Gasteiger partial charge in [0.2, 0.25) is 0 Å². The van der Waals surface area contributed by atoms with Crippen LogP contribution >= 0.6 is 34.4 Å². The molecule has 1 atom stereocenters.